The van der Waals surface area contributed by atoms with Crippen LogP contribution in [0.1, 0.15) is 47.5 Å². The first-order chi connectivity index (χ1) is 7.43. The first kappa shape index (κ1) is 17.2. The smallest absolute Gasteiger partial charge is 0.142 e. The minimum atomic E-state index is 0.204. The van der Waals surface area contributed by atoms with Crippen molar-refractivity contribution in [2.24, 2.45) is 5.92 Å². The zero-order chi connectivity index (χ0) is 13.0. The van der Waals surface area contributed by atoms with E-state index in [0.717, 1.165) is 31.0 Å². The Labute approximate surface area is 99.4 Å². The van der Waals surface area contributed by atoms with Crippen LogP contribution in [0.25, 0.3) is 0 Å². The lowest BCUT2D eigenvalue weighted by Crippen LogP contribution is -1.82. The lowest BCUT2D eigenvalue weighted by atomic mass is 10.1. The van der Waals surface area contributed by atoms with Gasteiger partial charge in [-0.3, -0.25) is 4.79 Å². The third kappa shape index (κ3) is 18.6. The Balaban J connectivity index is 0. The largest absolute Gasteiger partial charge is 0.303 e. The zero-order valence-electron chi connectivity index (χ0n) is 11.1. The summed E-state index contributed by atoms with van der Waals surface area (Å²) < 4.78 is 0. The number of hydrogen-bond acceptors (Lipinski definition) is 2. The van der Waals surface area contributed by atoms with E-state index >= 15 is 0 Å². The van der Waals surface area contributed by atoms with Crippen molar-refractivity contribution in [1.29, 1.82) is 0 Å². The van der Waals surface area contributed by atoms with E-state index in [1.165, 1.54) is 5.57 Å². The molecule has 0 aliphatic heterocycles. The molecule has 0 aromatic rings. The predicted molar refractivity (Wildman–Crippen MR) is 69.4 cm³/mol. The molecule has 0 aromatic heterocycles. The summed E-state index contributed by atoms with van der Waals surface area (Å²) in [5.74, 6) is 0.204. The SMILES string of the molecule is CC(C)=CCCC(C)=CC=O.CC(C)C=O. The van der Waals surface area contributed by atoms with Crippen LogP contribution < -0.4 is 0 Å². The van der Waals surface area contributed by atoms with E-state index in [9.17, 15) is 9.59 Å². The number of aldehydes is 2. The second-order valence-electron chi connectivity index (χ2n) is 4.35. The number of allylic oxidation sites excluding steroid dienone is 4. The Morgan fingerprint density at radius 3 is 1.94 bits per heavy atom. The Morgan fingerprint density at radius 2 is 1.62 bits per heavy atom. The Morgan fingerprint density at radius 1 is 1.12 bits per heavy atom. The lowest BCUT2D eigenvalue weighted by molar-refractivity contribution is -0.110. The first-order valence-corrected chi connectivity index (χ1v) is 5.63. The molecule has 0 aliphatic rings. The molecule has 0 bridgehead atoms. The van der Waals surface area contributed by atoms with Gasteiger partial charge in [0.2, 0.25) is 0 Å². The fraction of sp³-hybridized carbons (Fsp3) is 0.571. The summed E-state index contributed by atoms with van der Waals surface area (Å²) in [5, 5.41) is 0. The third-order valence-electron chi connectivity index (χ3n) is 1.72. The average molecular weight is 224 g/mol. The molecule has 92 valence electrons. The maximum Gasteiger partial charge on any atom is 0.142 e. The van der Waals surface area contributed by atoms with Gasteiger partial charge in [-0.05, 0) is 39.7 Å². The van der Waals surface area contributed by atoms with E-state index < -0.39 is 0 Å². The summed E-state index contributed by atoms with van der Waals surface area (Å²) in [4.78, 5) is 19.5. The molecule has 0 unspecified atom stereocenters. The topological polar surface area (TPSA) is 34.1 Å². The Bertz CT molecular complexity index is 243. The third-order valence-corrected chi connectivity index (χ3v) is 1.72. The fourth-order valence-electron chi connectivity index (χ4n) is 0.788. The van der Waals surface area contributed by atoms with Crippen LogP contribution in [-0.2, 0) is 9.59 Å². The van der Waals surface area contributed by atoms with E-state index in [0.29, 0.717) is 0 Å². The van der Waals surface area contributed by atoms with Gasteiger partial charge in [-0.2, -0.15) is 0 Å². The van der Waals surface area contributed by atoms with Crippen molar-refractivity contribution in [2.45, 2.75) is 47.5 Å². The molecule has 16 heavy (non-hydrogen) atoms. The molecule has 0 saturated carbocycles. The number of rotatable bonds is 5. The maximum absolute atomic E-state index is 10.0. The molecule has 2 nitrogen and oxygen atoms in total. The quantitative estimate of drug-likeness (QED) is 0.405. The number of carbonyl (C=O) groups is 2. The van der Waals surface area contributed by atoms with Crippen LogP contribution in [0.3, 0.4) is 0 Å². The van der Waals surface area contributed by atoms with Gasteiger partial charge in [0, 0.05) is 5.92 Å². The second-order valence-corrected chi connectivity index (χ2v) is 4.35. The molecule has 0 saturated heterocycles. The van der Waals surface area contributed by atoms with Crippen molar-refractivity contribution in [1.82, 2.24) is 0 Å². The highest BCUT2D eigenvalue weighted by atomic mass is 16.1. The molecule has 0 heterocycles. The van der Waals surface area contributed by atoms with Crippen LogP contribution in [-0.4, -0.2) is 12.6 Å². The van der Waals surface area contributed by atoms with Gasteiger partial charge in [0.15, 0.2) is 0 Å². The fourth-order valence-corrected chi connectivity index (χ4v) is 0.788. The standard InChI is InChI=1S/C10H16O.C4H8O/c1-9(2)5-4-6-10(3)7-8-11;1-4(2)3-5/h5,7-8H,4,6H2,1-3H3;3-4H,1-2H3. The summed E-state index contributed by atoms with van der Waals surface area (Å²) in [6, 6.07) is 0. The van der Waals surface area contributed by atoms with Crippen LogP contribution in [0.4, 0.5) is 0 Å². The molecule has 0 fully saturated rings. The molecule has 0 aromatic carbocycles. The van der Waals surface area contributed by atoms with Crippen molar-refractivity contribution in [3.8, 4) is 0 Å². The van der Waals surface area contributed by atoms with E-state index in [4.69, 9.17) is 0 Å². The molecular formula is C14H24O2. The first-order valence-electron chi connectivity index (χ1n) is 5.63. The van der Waals surface area contributed by atoms with Crippen LogP contribution in [0.15, 0.2) is 23.3 Å². The van der Waals surface area contributed by atoms with Crippen molar-refractivity contribution >= 4 is 12.6 Å². The van der Waals surface area contributed by atoms with E-state index in [1.807, 2.05) is 20.8 Å². The minimum absolute atomic E-state index is 0.204. The highest BCUT2D eigenvalue weighted by molar-refractivity contribution is 5.65. The Kier molecular flexibility index (Phi) is 12.8. The number of hydrogen-bond donors (Lipinski definition) is 0. The van der Waals surface area contributed by atoms with Gasteiger partial charge in [0.25, 0.3) is 0 Å². The van der Waals surface area contributed by atoms with E-state index in [2.05, 4.69) is 19.9 Å². The zero-order valence-corrected chi connectivity index (χ0v) is 11.1. The van der Waals surface area contributed by atoms with Crippen LogP contribution in [0, 0.1) is 5.92 Å². The normalized spacial score (nSPS) is 10.2. The van der Waals surface area contributed by atoms with Gasteiger partial charge in [-0.15, -0.1) is 0 Å². The molecule has 0 atom stereocenters. The monoisotopic (exact) mass is 224 g/mol. The number of carbonyl (C=O) groups excluding carboxylic acids is 2. The molecule has 0 N–H and O–H groups in total. The van der Waals surface area contributed by atoms with Crippen LogP contribution in [0.5, 0.6) is 0 Å². The average Bonchev–Trinajstić information content (AvgIpc) is 2.18. The van der Waals surface area contributed by atoms with Crippen LogP contribution >= 0.6 is 0 Å². The van der Waals surface area contributed by atoms with Gasteiger partial charge in [-0.25, -0.2) is 0 Å². The molecular weight excluding hydrogens is 200 g/mol. The van der Waals surface area contributed by atoms with E-state index in [1.54, 1.807) is 6.08 Å². The highest BCUT2D eigenvalue weighted by Crippen LogP contribution is 2.05. The van der Waals surface area contributed by atoms with Gasteiger partial charge >= 0.3 is 0 Å². The van der Waals surface area contributed by atoms with Gasteiger partial charge in [0.1, 0.15) is 12.6 Å². The van der Waals surface area contributed by atoms with Crippen molar-refractivity contribution in [3.05, 3.63) is 23.3 Å². The molecule has 0 spiro atoms. The summed E-state index contributed by atoms with van der Waals surface area (Å²) in [6.45, 7) is 9.85. The molecule has 0 aliphatic carbocycles. The van der Waals surface area contributed by atoms with Crippen LogP contribution in [0.2, 0.25) is 0 Å². The summed E-state index contributed by atoms with van der Waals surface area (Å²) >= 11 is 0. The lowest BCUT2D eigenvalue weighted by Gasteiger charge is -1.94. The summed E-state index contributed by atoms with van der Waals surface area (Å²) in [6.07, 6.45) is 7.60. The summed E-state index contributed by atoms with van der Waals surface area (Å²) in [5.41, 5.74) is 2.49. The van der Waals surface area contributed by atoms with Gasteiger partial charge in [0.05, 0.1) is 0 Å². The van der Waals surface area contributed by atoms with Crippen molar-refractivity contribution < 1.29 is 9.59 Å². The molecule has 2 heteroatoms. The van der Waals surface area contributed by atoms with Crippen molar-refractivity contribution in [3.63, 3.8) is 0 Å². The predicted octanol–water partition coefficient (Wildman–Crippen LogP) is 3.72. The Hall–Kier alpha value is -1.18. The molecule has 0 radical (unpaired) electrons. The minimum Gasteiger partial charge on any atom is -0.303 e. The molecule has 0 amide bonds. The van der Waals surface area contributed by atoms with Gasteiger partial charge in [-0.1, -0.05) is 31.1 Å². The second kappa shape index (κ2) is 11.9. The van der Waals surface area contributed by atoms with Gasteiger partial charge < -0.3 is 4.79 Å². The molecule has 0 rings (SSSR count). The summed E-state index contributed by atoms with van der Waals surface area (Å²) in [7, 11) is 0. The highest BCUT2D eigenvalue weighted by Gasteiger charge is 1.86. The van der Waals surface area contributed by atoms with Crippen molar-refractivity contribution in [2.75, 3.05) is 0 Å². The van der Waals surface area contributed by atoms with E-state index in [-0.39, 0.29) is 5.92 Å². The maximum atomic E-state index is 10.0.